The molecule has 0 spiro atoms. The largest absolute Gasteiger partial charge is 0.465 e. The number of carbonyl (C=O) groups is 2. The highest BCUT2D eigenvalue weighted by atomic mass is 16.6. The lowest BCUT2D eigenvalue weighted by Gasteiger charge is -2.15. The van der Waals surface area contributed by atoms with Gasteiger partial charge in [-0.3, -0.25) is 9.59 Å². The van der Waals surface area contributed by atoms with E-state index in [-0.39, 0.29) is 12.5 Å². The van der Waals surface area contributed by atoms with Crippen LogP contribution in [-0.2, 0) is 19.1 Å². The third-order valence-electron chi connectivity index (χ3n) is 4.18. The number of hydrogen-bond acceptors (Lipinski definition) is 4. The normalized spacial score (nSPS) is 12.0. The van der Waals surface area contributed by atoms with Crippen molar-refractivity contribution in [1.82, 2.24) is 0 Å². The summed E-state index contributed by atoms with van der Waals surface area (Å²) in [4.78, 5) is 23.3. The molecule has 4 nitrogen and oxygen atoms in total. The van der Waals surface area contributed by atoms with Crippen molar-refractivity contribution in [3.8, 4) is 0 Å². The fourth-order valence-corrected chi connectivity index (χ4v) is 2.60. The van der Waals surface area contributed by atoms with Crippen molar-refractivity contribution in [3.05, 3.63) is 0 Å². The van der Waals surface area contributed by atoms with Crippen LogP contribution >= 0.6 is 0 Å². The Labute approximate surface area is 148 Å². The Balaban J connectivity index is 3.58. The second-order valence-corrected chi connectivity index (χ2v) is 6.53. The van der Waals surface area contributed by atoms with Crippen LogP contribution in [0, 0.1) is 0 Å². The highest BCUT2D eigenvalue weighted by molar-refractivity contribution is 5.91. The SMILES string of the molecule is CCCCCCCCCCOC(=O)CC(=O)OC(CC)CCCC. The van der Waals surface area contributed by atoms with Crippen LogP contribution in [0.3, 0.4) is 0 Å². The molecule has 4 heteroatoms. The van der Waals surface area contributed by atoms with Gasteiger partial charge in [0.15, 0.2) is 0 Å². The van der Waals surface area contributed by atoms with Gasteiger partial charge >= 0.3 is 11.9 Å². The molecule has 0 bridgehead atoms. The van der Waals surface area contributed by atoms with Crippen LogP contribution in [0.2, 0.25) is 0 Å². The molecule has 24 heavy (non-hydrogen) atoms. The first-order chi connectivity index (χ1) is 11.6. The molecule has 0 amide bonds. The van der Waals surface area contributed by atoms with E-state index >= 15 is 0 Å². The Morgan fingerprint density at radius 1 is 0.750 bits per heavy atom. The summed E-state index contributed by atoms with van der Waals surface area (Å²) < 4.78 is 10.4. The molecule has 0 aromatic rings. The minimum absolute atomic E-state index is 0.0713. The Kier molecular flexibility index (Phi) is 16.0. The van der Waals surface area contributed by atoms with E-state index in [2.05, 4.69) is 13.8 Å². The van der Waals surface area contributed by atoms with Crippen LogP contribution in [0.4, 0.5) is 0 Å². The molecule has 0 N–H and O–H groups in total. The Bertz CT molecular complexity index is 315. The first kappa shape index (κ1) is 22.9. The van der Waals surface area contributed by atoms with Gasteiger partial charge in [0.1, 0.15) is 12.5 Å². The average Bonchev–Trinajstić information content (AvgIpc) is 2.57. The molecule has 0 aliphatic carbocycles. The predicted octanol–water partition coefficient (Wildman–Crippen LogP) is 5.57. The molecule has 0 fully saturated rings. The molecular formula is C20H38O4. The molecule has 0 aromatic carbocycles. The predicted molar refractivity (Wildman–Crippen MR) is 97.9 cm³/mol. The van der Waals surface area contributed by atoms with Crippen LogP contribution in [-0.4, -0.2) is 24.6 Å². The summed E-state index contributed by atoms with van der Waals surface area (Å²) in [6, 6.07) is 0. The lowest BCUT2D eigenvalue weighted by Crippen LogP contribution is -2.21. The molecule has 0 aliphatic rings. The fraction of sp³-hybridized carbons (Fsp3) is 0.900. The third kappa shape index (κ3) is 14.5. The first-order valence-corrected chi connectivity index (χ1v) is 9.99. The molecule has 0 aliphatic heterocycles. The highest BCUT2D eigenvalue weighted by Crippen LogP contribution is 2.10. The van der Waals surface area contributed by atoms with Gasteiger partial charge in [-0.2, -0.15) is 0 Å². The first-order valence-electron chi connectivity index (χ1n) is 9.99. The van der Waals surface area contributed by atoms with Crippen molar-refractivity contribution in [2.45, 2.75) is 110 Å². The van der Waals surface area contributed by atoms with Gasteiger partial charge in [0.05, 0.1) is 6.61 Å². The Morgan fingerprint density at radius 2 is 1.33 bits per heavy atom. The molecule has 1 atom stereocenters. The van der Waals surface area contributed by atoms with Crippen molar-refractivity contribution >= 4 is 11.9 Å². The summed E-state index contributed by atoms with van der Waals surface area (Å²) in [6.45, 7) is 6.73. The van der Waals surface area contributed by atoms with E-state index < -0.39 is 11.9 Å². The second kappa shape index (κ2) is 16.8. The molecule has 0 radical (unpaired) electrons. The van der Waals surface area contributed by atoms with Crippen molar-refractivity contribution in [2.75, 3.05) is 6.61 Å². The highest BCUT2D eigenvalue weighted by Gasteiger charge is 2.16. The number of ether oxygens (including phenoxy) is 2. The van der Waals surface area contributed by atoms with E-state index in [0.717, 1.165) is 38.5 Å². The lowest BCUT2D eigenvalue weighted by atomic mass is 10.1. The molecule has 0 heterocycles. The van der Waals surface area contributed by atoms with Gasteiger partial charge in [-0.05, 0) is 19.3 Å². The van der Waals surface area contributed by atoms with Crippen LogP contribution in [0.15, 0.2) is 0 Å². The van der Waals surface area contributed by atoms with Gasteiger partial charge in [-0.1, -0.05) is 78.6 Å². The number of hydrogen-bond donors (Lipinski definition) is 0. The maximum absolute atomic E-state index is 11.7. The third-order valence-corrected chi connectivity index (χ3v) is 4.18. The van der Waals surface area contributed by atoms with E-state index in [0.29, 0.717) is 6.61 Å². The average molecular weight is 343 g/mol. The van der Waals surface area contributed by atoms with Gasteiger partial charge in [0.2, 0.25) is 0 Å². The van der Waals surface area contributed by atoms with Crippen LogP contribution < -0.4 is 0 Å². The fourth-order valence-electron chi connectivity index (χ4n) is 2.60. The molecule has 0 aromatic heterocycles. The summed E-state index contributed by atoms with van der Waals surface area (Å²) in [6.07, 6.45) is 13.1. The summed E-state index contributed by atoms with van der Waals surface area (Å²) in [5, 5.41) is 0. The lowest BCUT2D eigenvalue weighted by molar-refractivity contribution is -0.158. The maximum Gasteiger partial charge on any atom is 0.317 e. The molecular weight excluding hydrogens is 304 g/mol. The van der Waals surface area contributed by atoms with Gasteiger partial charge in [0, 0.05) is 0 Å². The molecule has 1 unspecified atom stereocenters. The standard InChI is InChI=1S/C20H38O4/c1-4-7-9-10-11-12-13-14-16-23-19(21)17-20(22)24-18(6-3)15-8-5-2/h18H,4-17H2,1-3H3. The molecule has 0 rings (SSSR count). The molecule has 0 saturated heterocycles. The summed E-state index contributed by atoms with van der Waals surface area (Å²) in [5.74, 6) is -0.924. The smallest absolute Gasteiger partial charge is 0.317 e. The summed E-state index contributed by atoms with van der Waals surface area (Å²) in [7, 11) is 0. The van der Waals surface area contributed by atoms with E-state index in [1.165, 1.54) is 38.5 Å². The summed E-state index contributed by atoms with van der Waals surface area (Å²) >= 11 is 0. The van der Waals surface area contributed by atoms with Gasteiger partial charge in [0.25, 0.3) is 0 Å². The number of rotatable bonds is 16. The van der Waals surface area contributed by atoms with E-state index in [1.807, 2.05) is 6.92 Å². The topological polar surface area (TPSA) is 52.6 Å². The Hall–Kier alpha value is -1.06. The van der Waals surface area contributed by atoms with Gasteiger partial charge < -0.3 is 9.47 Å². The second-order valence-electron chi connectivity index (χ2n) is 6.53. The minimum Gasteiger partial charge on any atom is -0.465 e. The van der Waals surface area contributed by atoms with Crippen molar-refractivity contribution in [1.29, 1.82) is 0 Å². The van der Waals surface area contributed by atoms with E-state index in [9.17, 15) is 9.59 Å². The summed E-state index contributed by atoms with van der Waals surface area (Å²) in [5.41, 5.74) is 0. The van der Waals surface area contributed by atoms with E-state index in [1.54, 1.807) is 0 Å². The van der Waals surface area contributed by atoms with Crippen LogP contribution in [0.1, 0.15) is 104 Å². The number of carbonyl (C=O) groups excluding carboxylic acids is 2. The van der Waals surface area contributed by atoms with Crippen molar-refractivity contribution in [3.63, 3.8) is 0 Å². The van der Waals surface area contributed by atoms with Gasteiger partial charge in [-0.15, -0.1) is 0 Å². The zero-order valence-electron chi connectivity index (χ0n) is 16.1. The van der Waals surface area contributed by atoms with Crippen LogP contribution in [0.25, 0.3) is 0 Å². The molecule has 142 valence electrons. The zero-order chi connectivity index (χ0) is 18.0. The van der Waals surface area contributed by atoms with Gasteiger partial charge in [-0.25, -0.2) is 0 Å². The zero-order valence-corrected chi connectivity index (χ0v) is 16.1. The quantitative estimate of drug-likeness (QED) is 0.209. The minimum atomic E-state index is -0.465. The number of unbranched alkanes of at least 4 members (excludes halogenated alkanes) is 8. The van der Waals surface area contributed by atoms with Crippen molar-refractivity contribution in [2.24, 2.45) is 0 Å². The number of esters is 2. The maximum atomic E-state index is 11.7. The van der Waals surface area contributed by atoms with E-state index in [4.69, 9.17) is 9.47 Å². The monoisotopic (exact) mass is 342 g/mol. The molecule has 0 saturated carbocycles. The van der Waals surface area contributed by atoms with Crippen LogP contribution in [0.5, 0.6) is 0 Å². The Morgan fingerprint density at radius 3 is 1.92 bits per heavy atom. The van der Waals surface area contributed by atoms with Crippen molar-refractivity contribution < 1.29 is 19.1 Å².